The van der Waals surface area contributed by atoms with E-state index in [1.807, 2.05) is 152 Å². The molecule has 3 aromatic heterocycles. The molecule has 0 saturated heterocycles. The van der Waals surface area contributed by atoms with Crippen molar-refractivity contribution in [3.05, 3.63) is 174 Å². The van der Waals surface area contributed by atoms with Gasteiger partial charge < -0.3 is 14.0 Å². The first-order valence-corrected chi connectivity index (χ1v) is 19.6. The summed E-state index contributed by atoms with van der Waals surface area (Å²) in [6.07, 6.45) is -0.0745. The number of hydrogen-bond donors (Lipinski definition) is 0. The summed E-state index contributed by atoms with van der Waals surface area (Å²) >= 11 is 0. The third-order valence-corrected chi connectivity index (χ3v) is 10.0. The van der Waals surface area contributed by atoms with Crippen molar-refractivity contribution in [3.8, 4) is 39.5 Å². The van der Waals surface area contributed by atoms with Gasteiger partial charge in [0.15, 0.2) is 0 Å². The number of para-hydroxylation sites is 3. The maximum absolute atomic E-state index is 9.13. The van der Waals surface area contributed by atoms with Crippen LogP contribution in [0.15, 0.2) is 144 Å². The van der Waals surface area contributed by atoms with Gasteiger partial charge in [-0.1, -0.05) is 138 Å². The number of benzene rings is 6. The average Bonchev–Trinajstić information content (AvgIpc) is 3.84. The van der Waals surface area contributed by atoms with Gasteiger partial charge in [0.2, 0.25) is 0 Å². The van der Waals surface area contributed by atoms with Gasteiger partial charge >= 0.3 is 0 Å². The number of imidazole rings is 1. The van der Waals surface area contributed by atoms with Crippen molar-refractivity contribution >= 4 is 33.0 Å². The van der Waals surface area contributed by atoms with Crippen molar-refractivity contribution in [1.29, 1.82) is 0 Å². The van der Waals surface area contributed by atoms with E-state index in [0.717, 1.165) is 66.6 Å². The number of hydrogen-bond acceptors (Lipinski definition) is 3. The van der Waals surface area contributed by atoms with Crippen molar-refractivity contribution in [2.75, 3.05) is 0 Å². The third kappa shape index (κ3) is 8.74. The van der Waals surface area contributed by atoms with E-state index in [0.29, 0.717) is 22.5 Å². The molecule has 3 heterocycles. The smallest absolute Gasteiger partial charge is 0.121 e. The molecule has 9 rings (SSSR count). The first-order valence-electron chi connectivity index (χ1n) is 23.1. The van der Waals surface area contributed by atoms with E-state index >= 15 is 0 Å². The number of fused-ring (bicyclic) bond motifs is 4. The first-order chi connectivity index (χ1) is 30.5. The SMILES string of the molecule is [2H]C(C)(C)c1cccc(C([2H])(C)C)c1-n1c(-c2[c-]ccc3c2oc2cc(-c4ccc(C([2H])([2H])C(C)(C)C)cc4)ccc23)nc2ccccc21.[2H]C([2H])([2H])c1ccc(-c2[c-]cccc2)nc1.[Ir]. The van der Waals surface area contributed by atoms with Crippen molar-refractivity contribution < 1.29 is 34.1 Å². The van der Waals surface area contributed by atoms with E-state index in [-0.39, 0.29) is 25.7 Å². The van der Waals surface area contributed by atoms with E-state index in [1.165, 1.54) is 6.20 Å². The maximum Gasteiger partial charge on any atom is 0.121 e. The van der Waals surface area contributed by atoms with Crippen LogP contribution in [0.5, 0.6) is 0 Å². The van der Waals surface area contributed by atoms with Gasteiger partial charge in [-0.2, -0.15) is 0 Å². The molecule has 0 aliphatic carbocycles. The second kappa shape index (κ2) is 17.3. The Kier molecular flexibility index (Phi) is 9.76. The standard InChI is InChI=1S/C42H41N2O.C12H10N.Ir/c1-26(2)31-12-10-13-32(27(3)4)39(31)44-37-17-9-8-16-36(37)43-41(44)35-15-11-14-34-33-23-22-30(24-38(33)45-40(34)35)29-20-18-28(19-21-29)25-42(5,6)7;1-10-7-8-12(13-9-10)11-5-3-2-4-6-11;/h8-14,16-24,26-27H,25H2,1-7H3;2-5,7-9H,1H3;/q2*-1;/i25D2,26D,27D;1D3;. The second-order valence-electron chi connectivity index (χ2n) is 16.0. The maximum atomic E-state index is 9.13. The molecule has 9 aromatic rings. The van der Waals surface area contributed by atoms with Crippen LogP contribution in [0.3, 0.4) is 0 Å². The number of aryl methyl sites for hydroxylation is 1. The minimum Gasteiger partial charge on any atom is -0.501 e. The largest absolute Gasteiger partial charge is 0.501 e. The Morgan fingerprint density at radius 2 is 1.49 bits per heavy atom. The zero-order chi connectivity index (χ0) is 46.7. The molecule has 0 bridgehead atoms. The number of aromatic nitrogens is 3. The topological polar surface area (TPSA) is 43.9 Å². The summed E-state index contributed by atoms with van der Waals surface area (Å²) in [6.45, 7) is 11.2. The summed E-state index contributed by atoms with van der Waals surface area (Å²) in [5, 5.41) is 1.91. The molecule has 0 N–H and O–H groups in total. The van der Waals surface area contributed by atoms with Gasteiger partial charge in [0.1, 0.15) is 5.58 Å². The fourth-order valence-electron chi connectivity index (χ4n) is 7.38. The number of furan rings is 1. The molecule has 0 amide bonds. The van der Waals surface area contributed by atoms with Gasteiger partial charge in [-0.05, 0) is 87.7 Å². The Morgan fingerprint density at radius 1 is 0.763 bits per heavy atom. The summed E-state index contributed by atoms with van der Waals surface area (Å²) in [5.41, 5.74) is 10.1. The van der Waals surface area contributed by atoms with Gasteiger partial charge in [-0.25, -0.2) is 0 Å². The van der Waals surface area contributed by atoms with Crippen LogP contribution in [0.25, 0.3) is 72.4 Å². The number of pyridine rings is 1. The van der Waals surface area contributed by atoms with Crippen LogP contribution >= 0.6 is 0 Å². The summed E-state index contributed by atoms with van der Waals surface area (Å²) in [5.74, 6) is -1.26. The molecule has 5 heteroatoms. The summed E-state index contributed by atoms with van der Waals surface area (Å²) in [4.78, 5) is 9.28. The van der Waals surface area contributed by atoms with Gasteiger partial charge in [0, 0.05) is 47.0 Å². The minimum atomic E-state index is -2.09. The molecule has 59 heavy (non-hydrogen) atoms. The van der Waals surface area contributed by atoms with Crippen molar-refractivity contribution in [2.24, 2.45) is 5.41 Å². The molecule has 0 unspecified atom stereocenters. The molecule has 0 atom stereocenters. The second-order valence-corrected chi connectivity index (χ2v) is 16.0. The molecular weight excluding hydrogens is 899 g/mol. The van der Waals surface area contributed by atoms with E-state index in [2.05, 4.69) is 33.8 Å². The van der Waals surface area contributed by atoms with Gasteiger partial charge in [0.25, 0.3) is 0 Å². The Balaban J connectivity index is 0.000000322. The molecule has 6 aromatic carbocycles. The van der Waals surface area contributed by atoms with Crippen LogP contribution in [0.4, 0.5) is 0 Å². The molecular formula is C54H51IrN3O-2. The van der Waals surface area contributed by atoms with Gasteiger partial charge in [0.05, 0.1) is 22.4 Å². The van der Waals surface area contributed by atoms with E-state index < -0.39 is 30.4 Å². The summed E-state index contributed by atoms with van der Waals surface area (Å²) in [7, 11) is 0. The third-order valence-electron chi connectivity index (χ3n) is 10.0. The zero-order valence-electron chi connectivity index (χ0n) is 41.4. The Labute approximate surface area is 372 Å². The van der Waals surface area contributed by atoms with E-state index in [4.69, 9.17) is 19.0 Å². The molecule has 0 fully saturated rings. The van der Waals surface area contributed by atoms with Crippen molar-refractivity contribution in [2.45, 2.75) is 73.5 Å². The quantitative estimate of drug-likeness (QED) is 0.150. The molecule has 0 saturated carbocycles. The summed E-state index contributed by atoms with van der Waals surface area (Å²) in [6, 6.07) is 48.9. The van der Waals surface area contributed by atoms with Gasteiger partial charge in [-0.3, -0.25) is 4.98 Å². The molecule has 1 radical (unpaired) electrons. The fraction of sp³-hybridized carbons (Fsp3) is 0.222. The van der Waals surface area contributed by atoms with Gasteiger partial charge in [-0.15, -0.1) is 54.1 Å². The molecule has 4 nitrogen and oxygen atoms in total. The van der Waals surface area contributed by atoms with E-state index in [9.17, 15) is 0 Å². The Hall–Kier alpha value is -5.61. The predicted molar refractivity (Wildman–Crippen MR) is 243 cm³/mol. The molecule has 0 aliphatic rings. The first kappa shape index (κ1) is 33.2. The number of nitrogens with zero attached hydrogens (tertiary/aromatic N) is 3. The van der Waals surface area contributed by atoms with Crippen molar-refractivity contribution in [1.82, 2.24) is 14.5 Å². The summed E-state index contributed by atoms with van der Waals surface area (Å²) < 4.78 is 66.1. The van der Waals surface area contributed by atoms with Crippen LogP contribution in [-0.2, 0) is 26.5 Å². The van der Waals surface area contributed by atoms with Crippen LogP contribution in [0.2, 0.25) is 0 Å². The normalized spacial score (nSPS) is 14.2. The minimum absolute atomic E-state index is 0. The molecule has 299 valence electrons. The van der Waals surface area contributed by atoms with E-state index in [1.54, 1.807) is 18.2 Å². The van der Waals surface area contributed by atoms with Crippen LogP contribution in [0.1, 0.15) is 92.1 Å². The zero-order valence-corrected chi connectivity index (χ0v) is 36.8. The molecule has 0 spiro atoms. The van der Waals surface area contributed by atoms with Crippen LogP contribution in [0, 0.1) is 24.4 Å². The Morgan fingerprint density at radius 3 is 2.15 bits per heavy atom. The predicted octanol–water partition coefficient (Wildman–Crippen LogP) is 14.7. The fourth-order valence-corrected chi connectivity index (χ4v) is 7.38. The number of rotatable bonds is 7. The van der Waals surface area contributed by atoms with Crippen molar-refractivity contribution in [3.63, 3.8) is 0 Å². The van der Waals surface area contributed by atoms with Crippen LogP contribution in [-0.4, -0.2) is 14.5 Å². The monoisotopic (exact) mass is 957 g/mol. The van der Waals surface area contributed by atoms with Crippen LogP contribution < -0.4 is 0 Å². The Bertz CT molecular complexity index is 3120. The average molecular weight is 957 g/mol. The molecule has 0 aliphatic heterocycles.